The maximum atomic E-state index is 12.5. The standard InChI is InChI=1S/C19H15ClN6O4S2/c1-11-6-2-3-7-12(11)17(27)23-18-24-25-19(31-18)32(28,29)21-10-15-22-16(26-30-15)13-8-4-5-9-14(13)20/h2-9,21H,10H2,1H3,(H,23,24,27). The predicted molar refractivity (Wildman–Crippen MR) is 118 cm³/mol. The minimum Gasteiger partial charge on any atom is -0.338 e. The third-order valence-electron chi connectivity index (χ3n) is 4.24. The first kappa shape index (κ1) is 22.0. The number of hydrogen-bond donors (Lipinski definition) is 2. The lowest BCUT2D eigenvalue weighted by Crippen LogP contribution is -2.23. The van der Waals surface area contributed by atoms with E-state index in [4.69, 9.17) is 16.1 Å². The van der Waals surface area contributed by atoms with Gasteiger partial charge in [-0.2, -0.15) is 9.71 Å². The molecule has 0 aliphatic rings. The Morgan fingerprint density at radius 3 is 2.66 bits per heavy atom. The molecule has 0 fully saturated rings. The zero-order valence-corrected chi connectivity index (χ0v) is 18.8. The molecule has 0 spiro atoms. The Hall–Kier alpha value is -3.19. The van der Waals surface area contributed by atoms with Gasteiger partial charge in [0.05, 0.1) is 11.6 Å². The van der Waals surface area contributed by atoms with E-state index in [0.717, 1.165) is 16.9 Å². The van der Waals surface area contributed by atoms with E-state index in [2.05, 4.69) is 30.4 Å². The molecule has 2 heterocycles. The molecule has 0 aliphatic carbocycles. The Bertz CT molecular complexity index is 1390. The van der Waals surface area contributed by atoms with Gasteiger partial charge in [0.1, 0.15) is 0 Å². The summed E-state index contributed by atoms with van der Waals surface area (Å²) in [6, 6.07) is 13.9. The molecule has 2 N–H and O–H groups in total. The SMILES string of the molecule is Cc1ccccc1C(=O)Nc1nnc(S(=O)(=O)NCc2nc(-c3ccccc3Cl)no2)s1. The van der Waals surface area contributed by atoms with E-state index in [1.807, 2.05) is 6.07 Å². The topological polar surface area (TPSA) is 140 Å². The van der Waals surface area contributed by atoms with Crippen LogP contribution in [0.25, 0.3) is 11.4 Å². The fraction of sp³-hybridized carbons (Fsp3) is 0.105. The summed E-state index contributed by atoms with van der Waals surface area (Å²) in [7, 11) is -4.02. The van der Waals surface area contributed by atoms with E-state index in [0.29, 0.717) is 16.1 Å². The number of hydrogen-bond acceptors (Lipinski definition) is 9. The van der Waals surface area contributed by atoms with Gasteiger partial charge in [-0.3, -0.25) is 10.1 Å². The van der Waals surface area contributed by atoms with Gasteiger partial charge in [-0.15, -0.1) is 10.2 Å². The summed E-state index contributed by atoms with van der Waals surface area (Å²) in [5.74, 6) is -0.128. The van der Waals surface area contributed by atoms with Crippen molar-refractivity contribution in [2.24, 2.45) is 0 Å². The Balaban J connectivity index is 1.42. The molecule has 164 valence electrons. The van der Waals surface area contributed by atoms with Gasteiger partial charge in [0.2, 0.25) is 21.2 Å². The first-order valence-corrected chi connectivity index (χ1v) is 11.8. The maximum Gasteiger partial charge on any atom is 0.270 e. The molecular weight excluding hydrogens is 476 g/mol. The highest BCUT2D eigenvalue weighted by Crippen LogP contribution is 2.25. The summed E-state index contributed by atoms with van der Waals surface area (Å²) in [5, 5.41) is 14.3. The monoisotopic (exact) mass is 490 g/mol. The average Bonchev–Trinajstić information content (AvgIpc) is 3.43. The molecule has 2 aromatic heterocycles. The lowest BCUT2D eigenvalue weighted by atomic mass is 10.1. The van der Waals surface area contributed by atoms with Crippen molar-refractivity contribution in [1.82, 2.24) is 25.1 Å². The number of halogens is 1. The van der Waals surface area contributed by atoms with Crippen molar-refractivity contribution in [2.75, 3.05) is 5.32 Å². The Morgan fingerprint density at radius 1 is 1.12 bits per heavy atom. The molecule has 13 heteroatoms. The highest BCUT2D eigenvalue weighted by molar-refractivity contribution is 7.91. The van der Waals surface area contributed by atoms with Crippen molar-refractivity contribution in [1.29, 1.82) is 0 Å². The van der Waals surface area contributed by atoms with Gasteiger partial charge in [-0.25, -0.2) is 8.42 Å². The molecular formula is C19H15ClN6O4S2. The van der Waals surface area contributed by atoms with Gasteiger partial charge < -0.3 is 4.52 Å². The van der Waals surface area contributed by atoms with Gasteiger partial charge in [0.15, 0.2) is 0 Å². The number of carbonyl (C=O) groups is 1. The van der Waals surface area contributed by atoms with Crippen molar-refractivity contribution in [3.63, 3.8) is 0 Å². The van der Waals surface area contributed by atoms with Crippen molar-refractivity contribution >= 4 is 44.0 Å². The van der Waals surface area contributed by atoms with Gasteiger partial charge in [0.25, 0.3) is 15.9 Å². The number of nitrogens with one attached hydrogen (secondary N) is 2. The molecule has 1 amide bonds. The summed E-state index contributed by atoms with van der Waals surface area (Å²) < 4.78 is 32.2. The van der Waals surface area contributed by atoms with E-state index in [9.17, 15) is 13.2 Å². The number of amides is 1. The summed E-state index contributed by atoms with van der Waals surface area (Å²) in [6.45, 7) is 1.54. The molecule has 0 unspecified atom stereocenters. The molecule has 4 aromatic rings. The fourth-order valence-electron chi connectivity index (χ4n) is 2.66. The van der Waals surface area contributed by atoms with Crippen LogP contribution in [0, 0.1) is 6.92 Å². The van der Waals surface area contributed by atoms with Crippen LogP contribution >= 0.6 is 22.9 Å². The second-order valence-electron chi connectivity index (χ2n) is 6.46. The van der Waals surface area contributed by atoms with Crippen LogP contribution in [0.5, 0.6) is 0 Å². The van der Waals surface area contributed by atoms with Crippen LogP contribution in [0.1, 0.15) is 21.8 Å². The molecule has 32 heavy (non-hydrogen) atoms. The third-order valence-corrected chi connectivity index (χ3v) is 7.18. The lowest BCUT2D eigenvalue weighted by molar-refractivity contribution is 0.102. The summed E-state index contributed by atoms with van der Waals surface area (Å²) in [4.78, 5) is 16.5. The van der Waals surface area contributed by atoms with Crippen molar-refractivity contribution < 1.29 is 17.7 Å². The molecule has 2 aromatic carbocycles. The number of nitrogens with zero attached hydrogens (tertiary/aromatic N) is 4. The smallest absolute Gasteiger partial charge is 0.270 e. The number of rotatable bonds is 7. The predicted octanol–water partition coefficient (Wildman–Crippen LogP) is 3.28. The summed E-state index contributed by atoms with van der Waals surface area (Å²) in [6.07, 6.45) is 0. The van der Waals surface area contributed by atoms with Gasteiger partial charge >= 0.3 is 0 Å². The zero-order valence-electron chi connectivity index (χ0n) is 16.4. The average molecular weight is 491 g/mol. The number of benzene rings is 2. The van der Waals surface area contributed by atoms with Crippen LogP contribution in [0.4, 0.5) is 5.13 Å². The Kier molecular flexibility index (Phi) is 6.28. The molecule has 4 rings (SSSR count). The van der Waals surface area contributed by atoms with Crippen LogP contribution in [0.2, 0.25) is 5.02 Å². The van der Waals surface area contributed by atoms with E-state index >= 15 is 0 Å². The number of anilines is 1. The molecule has 0 saturated carbocycles. The molecule has 0 bridgehead atoms. The number of aryl methyl sites for hydroxylation is 1. The normalized spacial score (nSPS) is 11.4. The van der Waals surface area contributed by atoms with Crippen molar-refractivity contribution in [3.05, 3.63) is 70.6 Å². The van der Waals surface area contributed by atoms with E-state index < -0.39 is 15.9 Å². The van der Waals surface area contributed by atoms with Crippen LogP contribution in [-0.2, 0) is 16.6 Å². The minimum atomic E-state index is -4.02. The quantitative estimate of drug-likeness (QED) is 0.376. The second-order valence-corrected chi connectivity index (χ2v) is 9.78. The van der Waals surface area contributed by atoms with Gasteiger partial charge in [0, 0.05) is 11.1 Å². The molecule has 0 radical (unpaired) electrons. The second kappa shape index (κ2) is 9.12. The Morgan fingerprint density at radius 2 is 1.88 bits per heavy atom. The van der Waals surface area contributed by atoms with Gasteiger partial charge in [-0.05, 0) is 30.7 Å². The fourth-order valence-corrected chi connectivity index (χ4v) is 4.79. The largest absolute Gasteiger partial charge is 0.338 e. The van der Waals surface area contributed by atoms with Crippen LogP contribution < -0.4 is 10.0 Å². The summed E-state index contributed by atoms with van der Waals surface area (Å²) >= 11 is 6.83. The van der Waals surface area contributed by atoms with Crippen LogP contribution in [0.3, 0.4) is 0 Å². The van der Waals surface area contributed by atoms with Crippen LogP contribution in [-0.4, -0.2) is 34.7 Å². The summed E-state index contributed by atoms with van der Waals surface area (Å²) in [5.41, 5.74) is 1.79. The van der Waals surface area contributed by atoms with Crippen LogP contribution in [0.15, 0.2) is 57.4 Å². The first-order chi connectivity index (χ1) is 15.3. The Labute approximate surface area is 191 Å². The number of aromatic nitrogens is 4. The van der Waals surface area contributed by atoms with Crippen molar-refractivity contribution in [3.8, 4) is 11.4 Å². The van der Waals surface area contributed by atoms with E-state index in [-0.39, 0.29) is 27.7 Å². The third kappa shape index (κ3) is 4.83. The minimum absolute atomic E-state index is 0.0427. The molecule has 0 atom stereocenters. The van der Waals surface area contributed by atoms with Gasteiger partial charge in [-0.1, -0.05) is 58.4 Å². The highest BCUT2D eigenvalue weighted by atomic mass is 35.5. The molecule has 10 nitrogen and oxygen atoms in total. The zero-order chi connectivity index (χ0) is 22.7. The number of sulfonamides is 1. The van der Waals surface area contributed by atoms with E-state index in [1.165, 1.54) is 0 Å². The first-order valence-electron chi connectivity index (χ1n) is 9.11. The molecule has 0 saturated heterocycles. The number of carbonyl (C=O) groups excluding carboxylic acids is 1. The lowest BCUT2D eigenvalue weighted by Gasteiger charge is -2.04. The van der Waals surface area contributed by atoms with E-state index in [1.54, 1.807) is 49.4 Å². The molecule has 0 aliphatic heterocycles. The highest BCUT2D eigenvalue weighted by Gasteiger charge is 2.22. The maximum absolute atomic E-state index is 12.5. The van der Waals surface area contributed by atoms with Crippen molar-refractivity contribution in [2.45, 2.75) is 17.8 Å².